The van der Waals surface area contributed by atoms with Gasteiger partial charge in [-0.15, -0.1) is 0 Å². The van der Waals surface area contributed by atoms with Crippen LogP contribution in [0, 0.1) is 0 Å². The molecule has 3 N–H and O–H groups in total. The minimum atomic E-state index is -0.682. The molecule has 74 valence electrons. The number of rotatable bonds is 5. The summed E-state index contributed by atoms with van der Waals surface area (Å²) in [5, 5.41) is 23.4. The zero-order chi connectivity index (χ0) is 9.82. The molecule has 0 radical (unpaired) electrons. The average Bonchev–Trinajstić information content (AvgIpc) is 2.05. The van der Waals surface area contributed by atoms with Crippen molar-refractivity contribution in [1.82, 2.24) is 0 Å². The number of carboxylic acids is 1. The van der Waals surface area contributed by atoms with Crippen molar-refractivity contribution in [2.45, 2.75) is 32.6 Å². The maximum Gasteiger partial charge on any atom is 0.303 e. The quantitative estimate of drug-likeness (QED) is 0.539. The molecule has 0 aromatic heterocycles. The maximum atomic E-state index is 9.87. The first-order valence-electron chi connectivity index (χ1n) is 4.12. The Morgan fingerprint density at radius 2 is 1.67 bits per heavy atom. The molecule has 0 bridgehead atoms. The van der Waals surface area contributed by atoms with E-state index in [4.69, 9.17) is 15.3 Å². The molecule has 0 unspecified atom stereocenters. The van der Waals surface area contributed by atoms with Gasteiger partial charge in [0.1, 0.15) is 0 Å². The lowest BCUT2D eigenvalue weighted by molar-refractivity contribution is -0.137. The topological polar surface area (TPSA) is 77.8 Å². The molecular formula is C8H18O4. The van der Waals surface area contributed by atoms with Gasteiger partial charge in [0.2, 0.25) is 0 Å². The number of aliphatic hydroxyl groups is 2. The Morgan fingerprint density at radius 1 is 1.17 bits per heavy atom. The van der Waals surface area contributed by atoms with Gasteiger partial charge in [-0.05, 0) is 6.42 Å². The Hall–Kier alpha value is -0.610. The van der Waals surface area contributed by atoms with Gasteiger partial charge in [0.15, 0.2) is 0 Å². The largest absolute Gasteiger partial charge is 0.481 e. The van der Waals surface area contributed by atoms with Crippen LogP contribution in [0.3, 0.4) is 0 Å². The molecule has 0 aliphatic heterocycles. The molecule has 0 aliphatic rings. The van der Waals surface area contributed by atoms with Gasteiger partial charge >= 0.3 is 5.97 Å². The molecule has 4 heteroatoms. The second-order valence-electron chi connectivity index (χ2n) is 2.30. The Bertz CT molecular complexity index is 91.1. The highest BCUT2D eigenvalue weighted by molar-refractivity contribution is 5.66. The van der Waals surface area contributed by atoms with Crippen LogP contribution >= 0.6 is 0 Å². The van der Waals surface area contributed by atoms with E-state index in [1.807, 2.05) is 0 Å². The van der Waals surface area contributed by atoms with Gasteiger partial charge < -0.3 is 15.3 Å². The van der Waals surface area contributed by atoms with Crippen molar-refractivity contribution in [2.75, 3.05) is 13.2 Å². The number of hydrogen-bond donors (Lipinski definition) is 3. The first-order chi connectivity index (χ1) is 5.68. The third-order valence-corrected chi connectivity index (χ3v) is 1.09. The number of hydrogen-bond acceptors (Lipinski definition) is 3. The zero-order valence-corrected chi connectivity index (χ0v) is 7.49. The summed E-state index contributed by atoms with van der Waals surface area (Å²) in [7, 11) is 0. The van der Waals surface area contributed by atoms with E-state index >= 15 is 0 Å². The van der Waals surface area contributed by atoms with E-state index in [9.17, 15) is 4.79 Å². The van der Waals surface area contributed by atoms with Crippen molar-refractivity contribution < 1.29 is 20.1 Å². The van der Waals surface area contributed by atoms with Gasteiger partial charge in [-0.1, -0.05) is 19.8 Å². The van der Waals surface area contributed by atoms with E-state index in [0.29, 0.717) is 6.42 Å². The van der Waals surface area contributed by atoms with Crippen molar-refractivity contribution in [2.24, 2.45) is 0 Å². The predicted octanol–water partition coefficient (Wildman–Crippen LogP) is 0.622. The van der Waals surface area contributed by atoms with E-state index in [0.717, 1.165) is 19.3 Å². The molecule has 0 fully saturated rings. The summed E-state index contributed by atoms with van der Waals surface area (Å²) >= 11 is 0. The first-order valence-corrected chi connectivity index (χ1v) is 4.12. The van der Waals surface area contributed by atoms with Crippen molar-refractivity contribution in [3.63, 3.8) is 0 Å². The summed E-state index contributed by atoms with van der Waals surface area (Å²) in [6.07, 6.45) is 3.28. The highest BCUT2D eigenvalue weighted by atomic mass is 16.4. The molecule has 0 aromatic rings. The SMILES string of the molecule is CCCCCC(=O)O.OCCO. The molecule has 0 rings (SSSR count). The third kappa shape index (κ3) is 22.8. The van der Waals surface area contributed by atoms with Crippen LogP contribution in [0.1, 0.15) is 32.6 Å². The predicted molar refractivity (Wildman–Crippen MR) is 45.9 cm³/mol. The maximum absolute atomic E-state index is 9.87. The van der Waals surface area contributed by atoms with Gasteiger partial charge in [-0.25, -0.2) is 0 Å². The van der Waals surface area contributed by atoms with Crippen LogP contribution in [-0.2, 0) is 4.79 Å². The summed E-state index contributed by atoms with van der Waals surface area (Å²) in [5.41, 5.74) is 0. The monoisotopic (exact) mass is 178 g/mol. The summed E-state index contributed by atoms with van der Waals surface area (Å²) in [6, 6.07) is 0. The first kappa shape index (κ1) is 13.9. The minimum Gasteiger partial charge on any atom is -0.481 e. The number of unbranched alkanes of at least 4 members (excludes halogenated alkanes) is 2. The van der Waals surface area contributed by atoms with Crippen LogP contribution in [0.2, 0.25) is 0 Å². The Kier molecular flexibility index (Phi) is 15.1. The van der Waals surface area contributed by atoms with Crippen LogP contribution in [0.25, 0.3) is 0 Å². The highest BCUT2D eigenvalue weighted by Crippen LogP contribution is 1.97. The fourth-order valence-electron chi connectivity index (χ4n) is 0.526. The highest BCUT2D eigenvalue weighted by Gasteiger charge is 1.92. The van der Waals surface area contributed by atoms with Crippen molar-refractivity contribution >= 4 is 5.97 Å². The molecule has 0 atom stereocenters. The molecule has 0 amide bonds. The molecule has 4 nitrogen and oxygen atoms in total. The summed E-state index contributed by atoms with van der Waals surface area (Å²) in [6.45, 7) is 1.81. The summed E-state index contributed by atoms with van der Waals surface area (Å²) in [4.78, 5) is 9.87. The lowest BCUT2D eigenvalue weighted by Gasteiger charge is -1.89. The molecular weight excluding hydrogens is 160 g/mol. The molecule has 0 saturated carbocycles. The van der Waals surface area contributed by atoms with Crippen LogP contribution in [0.5, 0.6) is 0 Å². The molecule has 12 heavy (non-hydrogen) atoms. The third-order valence-electron chi connectivity index (χ3n) is 1.09. The van der Waals surface area contributed by atoms with Crippen molar-refractivity contribution in [3.8, 4) is 0 Å². The number of carbonyl (C=O) groups is 1. The summed E-state index contributed by atoms with van der Waals surface area (Å²) < 4.78 is 0. The zero-order valence-electron chi connectivity index (χ0n) is 7.49. The molecule has 0 saturated heterocycles. The molecule has 0 aliphatic carbocycles. The van der Waals surface area contributed by atoms with E-state index in [1.54, 1.807) is 0 Å². The molecule has 0 aromatic carbocycles. The Balaban J connectivity index is 0. The number of aliphatic hydroxyl groups excluding tert-OH is 2. The summed E-state index contributed by atoms with van der Waals surface area (Å²) in [5.74, 6) is -0.682. The van der Waals surface area contributed by atoms with Gasteiger partial charge in [0.25, 0.3) is 0 Å². The average molecular weight is 178 g/mol. The fraction of sp³-hybridized carbons (Fsp3) is 0.875. The lowest BCUT2D eigenvalue weighted by atomic mass is 10.2. The molecule has 0 spiro atoms. The van der Waals surface area contributed by atoms with E-state index in [-0.39, 0.29) is 13.2 Å². The van der Waals surface area contributed by atoms with Crippen LogP contribution in [0.15, 0.2) is 0 Å². The van der Waals surface area contributed by atoms with E-state index in [1.165, 1.54) is 0 Å². The smallest absolute Gasteiger partial charge is 0.303 e. The normalized spacial score (nSPS) is 8.58. The number of aliphatic carboxylic acids is 1. The van der Waals surface area contributed by atoms with Crippen LogP contribution in [0.4, 0.5) is 0 Å². The van der Waals surface area contributed by atoms with Gasteiger partial charge in [-0.3, -0.25) is 4.79 Å². The van der Waals surface area contributed by atoms with Gasteiger partial charge in [-0.2, -0.15) is 0 Å². The van der Waals surface area contributed by atoms with E-state index < -0.39 is 5.97 Å². The van der Waals surface area contributed by atoms with Crippen LogP contribution in [-0.4, -0.2) is 34.5 Å². The number of carboxylic acid groups (broad SMARTS) is 1. The minimum absolute atomic E-state index is 0.125. The fourth-order valence-corrected chi connectivity index (χ4v) is 0.526. The standard InChI is InChI=1S/C6H12O2.C2H6O2/c1-2-3-4-5-6(7)8;3-1-2-4/h2-5H2,1H3,(H,7,8);3-4H,1-2H2. The van der Waals surface area contributed by atoms with Crippen LogP contribution < -0.4 is 0 Å². The second kappa shape index (κ2) is 13.0. The Labute approximate surface area is 72.8 Å². The van der Waals surface area contributed by atoms with Gasteiger partial charge in [0, 0.05) is 6.42 Å². The van der Waals surface area contributed by atoms with E-state index in [2.05, 4.69) is 6.92 Å². The van der Waals surface area contributed by atoms with Gasteiger partial charge in [0.05, 0.1) is 13.2 Å². The van der Waals surface area contributed by atoms with Crippen molar-refractivity contribution in [3.05, 3.63) is 0 Å². The lowest BCUT2D eigenvalue weighted by Crippen LogP contribution is -1.92. The second-order valence-corrected chi connectivity index (χ2v) is 2.30. The molecule has 0 heterocycles. The Morgan fingerprint density at radius 3 is 1.92 bits per heavy atom. The van der Waals surface area contributed by atoms with Crippen molar-refractivity contribution in [1.29, 1.82) is 0 Å².